The summed E-state index contributed by atoms with van der Waals surface area (Å²) >= 11 is 0. The first kappa shape index (κ1) is 14.2. The summed E-state index contributed by atoms with van der Waals surface area (Å²) in [7, 11) is 3.83. The van der Waals surface area contributed by atoms with Gasteiger partial charge in [0.2, 0.25) is 0 Å². The van der Waals surface area contributed by atoms with Gasteiger partial charge in [0.05, 0.1) is 36.0 Å². The van der Waals surface area contributed by atoms with Gasteiger partial charge in [-0.3, -0.25) is 0 Å². The number of aryl methyl sites for hydroxylation is 2. The van der Waals surface area contributed by atoms with Crippen molar-refractivity contribution in [1.82, 2.24) is 39.3 Å². The highest BCUT2D eigenvalue weighted by molar-refractivity contribution is 5.86. The maximum atomic E-state index is 4.71. The molecule has 0 aromatic carbocycles. The van der Waals surface area contributed by atoms with Gasteiger partial charge in [-0.2, -0.15) is 0 Å². The first-order chi connectivity index (χ1) is 11.7. The summed E-state index contributed by atoms with van der Waals surface area (Å²) in [6.07, 6.45) is 6.71. The number of hydrogen-bond donors (Lipinski definition) is 1. The second-order valence-corrected chi connectivity index (χ2v) is 5.39. The van der Waals surface area contributed by atoms with E-state index >= 15 is 0 Å². The van der Waals surface area contributed by atoms with E-state index in [0.29, 0.717) is 17.9 Å². The number of aromatic nitrogens is 8. The standard InChI is InChI=1S/C15H15N9/c1-23-8-16-5-12(23)10-3-4-11-14(21-10)15(19-7-18-11)17-6-13-22-20-9-24(13)2/h3-5,7-9H,6H2,1-2H3,(H,17,18,19). The van der Waals surface area contributed by atoms with Gasteiger partial charge < -0.3 is 14.5 Å². The first-order valence-electron chi connectivity index (χ1n) is 7.37. The van der Waals surface area contributed by atoms with Crippen molar-refractivity contribution in [2.24, 2.45) is 14.1 Å². The van der Waals surface area contributed by atoms with Gasteiger partial charge >= 0.3 is 0 Å². The molecule has 0 spiro atoms. The lowest BCUT2D eigenvalue weighted by molar-refractivity contribution is 0.810. The number of hydrogen-bond acceptors (Lipinski definition) is 7. The molecule has 9 heteroatoms. The highest BCUT2D eigenvalue weighted by atomic mass is 15.3. The van der Waals surface area contributed by atoms with E-state index < -0.39 is 0 Å². The minimum absolute atomic E-state index is 0.500. The molecule has 0 atom stereocenters. The van der Waals surface area contributed by atoms with Crippen LogP contribution in [0.3, 0.4) is 0 Å². The second-order valence-electron chi connectivity index (χ2n) is 5.39. The molecule has 0 aliphatic rings. The Balaban J connectivity index is 1.72. The Morgan fingerprint density at radius 1 is 1.08 bits per heavy atom. The van der Waals surface area contributed by atoms with Crippen LogP contribution in [0, 0.1) is 0 Å². The van der Waals surface area contributed by atoms with Crippen LogP contribution in [0.2, 0.25) is 0 Å². The zero-order chi connectivity index (χ0) is 16.5. The fourth-order valence-corrected chi connectivity index (χ4v) is 2.45. The summed E-state index contributed by atoms with van der Waals surface area (Å²) in [6, 6.07) is 3.86. The number of anilines is 1. The number of fused-ring (bicyclic) bond motifs is 1. The van der Waals surface area contributed by atoms with Crippen molar-refractivity contribution >= 4 is 16.9 Å². The van der Waals surface area contributed by atoms with E-state index in [4.69, 9.17) is 4.98 Å². The number of nitrogens with zero attached hydrogens (tertiary/aromatic N) is 8. The highest BCUT2D eigenvalue weighted by Crippen LogP contribution is 2.22. The largest absolute Gasteiger partial charge is 0.361 e. The third-order valence-electron chi connectivity index (χ3n) is 3.78. The van der Waals surface area contributed by atoms with Crippen LogP contribution in [-0.4, -0.2) is 39.3 Å². The molecular weight excluding hydrogens is 306 g/mol. The van der Waals surface area contributed by atoms with Crippen LogP contribution in [0.1, 0.15) is 5.82 Å². The van der Waals surface area contributed by atoms with E-state index in [1.165, 1.54) is 6.33 Å². The Morgan fingerprint density at radius 2 is 2.00 bits per heavy atom. The molecule has 0 unspecified atom stereocenters. The Kier molecular flexibility index (Phi) is 3.38. The molecule has 4 aromatic rings. The zero-order valence-electron chi connectivity index (χ0n) is 13.2. The molecular formula is C15H15N9. The van der Waals surface area contributed by atoms with Gasteiger partial charge in [0.15, 0.2) is 11.6 Å². The van der Waals surface area contributed by atoms with Gasteiger partial charge in [0, 0.05) is 14.1 Å². The molecule has 120 valence electrons. The first-order valence-corrected chi connectivity index (χ1v) is 7.37. The Labute approximate surface area is 137 Å². The molecule has 0 amide bonds. The van der Waals surface area contributed by atoms with Crippen LogP contribution in [0.4, 0.5) is 5.82 Å². The highest BCUT2D eigenvalue weighted by Gasteiger charge is 2.10. The molecule has 24 heavy (non-hydrogen) atoms. The average Bonchev–Trinajstić information content (AvgIpc) is 3.20. The van der Waals surface area contributed by atoms with E-state index in [1.807, 2.05) is 35.4 Å². The molecule has 0 fully saturated rings. The van der Waals surface area contributed by atoms with E-state index in [1.54, 1.807) is 18.9 Å². The second kappa shape index (κ2) is 5.69. The quantitative estimate of drug-likeness (QED) is 0.602. The molecule has 4 rings (SSSR count). The van der Waals surface area contributed by atoms with Crippen LogP contribution in [0.5, 0.6) is 0 Å². The topological polar surface area (TPSA) is 99.2 Å². The van der Waals surface area contributed by atoms with E-state index in [2.05, 4.69) is 30.5 Å². The molecule has 0 saturated carbocycles. The molecule has 0 bridgehead atoms. The van der Waals surface area contributed by atoms with Crippen molar-refractivity contribution in [3.05, 3.63) is 43.1 Å². The average molecular weight is 321 g/mol. The molecule has 9 nitrogen and oxygen atoms in total. The minimum Gasteiger partial charge on any atom is -0.361 e. The van der Waals surface area contributed by atoms with E-state index in [9.17, 15) is 0 Å². The predicted molar refractivity (Wildman–Crippen MR) is 87.9 cm³/mol. The van der Waals surface area contributed by atoms with Crippen LogP contribution < -0.4 is 5.32 Å². The van der Waals surface area contributed by atoms with Crippen molar-refractivity contribution < 1.29 is 0 Å². The smallest absolute Gasteiger partial charge is 0.156 e. The fraction of sp³-hybridized carbons (Fsp3) is 0.200. The van der Waals surface area contributed by atoms with Gasteiger partial charge in [0.25, 0.3) is 0 Å². The van der Waals surface area contributed by atoms with Gasteiger partial charge in [-0.05, 0) is 12.1 Å². The predicted octanol–water partition coefficient (Wildman–Crippen LogP) is 1.17. The summed E-state index contributed by atoms with van der Waals surface area (Å²) in [6.45, 7) is 0.500. The molecule has 0 radical (unpaired) electrons. The van der Waals surface area contributed by atoms with Crippen LogP contribution in [0.25, 0.3) is 22.4 Å². The van der Waals surface area contributed by atoms with E-state index in [-0.39, 0.29) is 0 Å². The lowest BCUT2D eigenvalue weighted by Gasteiger charge is -2.09. The maximum absolute atomic E-state index is 4.71. The summed E-state index contributed by atoms with van der Waals surface area (Å²) < 4.78 is 3.77. The van der Waals surface area contributed by atoms with Crippen molar-refractivity contribution in [1.29, 1.82) is 0 Å². The number of rotatable bonds is 4. The maximum Gasteiger partial charge on any atom is 0.156 e. The van der Waals surface area contributed by atoms with Crippen molar-refractivity contribution in [3.8, 4) is 11.4 Å². The summed E-state index contributed by atoms with van der Waals surface area (Å²) in [5, 5.41) is 11.2. The van der Waals surface area contributed by atoms with Gasteiger partial charge in [0.1, 0.15) is 18.2 Å². The van der Waals surface area contributed by atoms with Crippen molar-refractivity contribution in [3.63, 3.8) is 0 Å². The molecule has 0 aliphatic heterocycles. The minimum atomic E-state index is 0.500. The molecule has 0 aliphatic carbocycles. The van der Waals surface area contributed by atoms with Crippen molar-refractivity contribution in [2.75, 3.05) is 5.32 Å². The van der Waals surface area contributed by atoms with Gasteiger partial charge in [-0.15, -0.1) is 10.2 Å². The van der Waals surface area contributed by atoms with Crippen molar-refractivity contribution in [2.45, 2.75) is 6.54 Å². The van der Waals surface area contributed by atoms with Gasteiger partial charge in [-0.25, -0.2) is 19.9 Å². The number of pyridine rings is 1. The summed E-state index contributed by atoms with van der Waals surface area (Å²) in [5.41, 5.74) is 3.23. The molecule has 1 N–H and O–H groups in total. The van der Waals surface area contributed by atoms with Crippen LogP contribution in [-0.2, 0) is 20.6 Å². The monoisotopic (exact) mass is 321 g/mol. The fourth-order valence-electron chi connectivity index (χ4n) is 2.45. The van der Waals surface area contributed by atoms with Crippen LogP contribution in [0.15, 0.2) is 37.3 Å². The number of nitrogens with one attached hydrogen (secondary N) is 1. The summed E-state index contributed by atoms with van der Waals surface area (Å²) in [4.78, 5) is 17.4. The molecule has 4 aromatic heterocycles. The lowest BCUT2D eigenvalue weighted by atomic mass is 10.2. The molecule has 4 heterocycles. The normalized spacial score (nSPS) is 11.1. The number of imidazole rings is 1. The zero-order valence-corrected chi connectivity index (χ0v) is 13.2. The summed E-state index contributed by atoms with van der Waals surface area (Å²) in [5.74, 6) is 1.47. The van der Waals surface area contributed by atoms with Gasteiger partial charge in [-0.1, -0.05) is 0 Å². The van der Waals surface area contributed by atoms with E-state index in [0.717, 1.165) is 22.7 Å². The SMILES string of the molecule is Cn1cncc1-c1ccc2ncnc(NCc3nncn3C)c2n1. The third-order valence-corrected chi connectivity index (χ3v) is 3.78. The molecule has 0 saturated heterocycles. The Morgan fingerprint density at radius 3 is 2.75 bits per heavy atom. The van der Waals surface area contributed by atoms with Crippen LogP contribution >= 0.6 is 0 Å². The Hall–Kier alpha value is -3.36. The third kappa shape index (κ3) is 2.45. The lowest BCUT2D eigenvalue weighted by Crippen LogP contribution is -2.08. The Bertz CT molecular complexity index is 1000.